The number of carboxylic acid groups (broad SMARTS) is 1. The Bertz CT molecular complexity index is 2260. The number of carbonyl (C=O) groups is 2. The van der Waals surface area contributed by atoms with Crippen LogP contribution in [-0.2, 0) is 23.0 Å². The monoisotopic (exact) mass is 672 g/mol. The molecule has 50 heavy (non-hydrogen) atoms. The maximum atomic E-state index is 14.6. The lowest BCUT2D eigenvalue weighted by Crippen LogP contribution is -2.44. The molecule has 0 bridgehead atoms. The highest BCUT2D eigenvalue weighted by molar-refractivity contribution is 6.11. The summed E-state index contributed by atoms with van der Waals surface area (Å²) in [5.74, 6) is -1.63. The zero-order chi connectivity index (χ0) is 35.4. The Morgan fingerprint density at radius 1 is 0.780 bits per heavy atom. The summed E-state index contributed by atoms with van der Waals surface area (Å²) in [4.78, 5) is 51.2. The maximum absolute atomic E-state index is 14.6. The molecule has 0 saturated carbocycles. The van der Waals surface area contributed by atoms with Gasteiger partial charge in [-0.2, -0.15) is 5.01 Å². The van der Waals surface area contributed by atoms with Crippen LogP contribution in [0.2, 0.25) is 0 Å². The quantitative estimate of drug-likeness (QED) is 0.131. The first-order chi connectivity index (χ1) is 24.2. The van der Waals surface area contributed by atoms with Crippen molar-refractivity contribution >= 4 is 35.4 Å². The molecule has 2 heterocycles. The number of pyridine rings is 1. The second-order valence-electron chi connectivity index (χ2n) is 11.6. The molecule has 3 N–H and O–H groups in total. The van der Waals surface area contributed by atoms with Crippen LogP contribution < -0.4 is 26.2 Å². The molecule has 0 saturated heterocycles. The van der Waals surface area contributed by atoms with E-state index in [-0.39, 0.29) is 40.6 Å². The number of hydrogen-bond acceptors (Lipinski definition) is 9. The molecule has 0 radical (unpaired) electrons. The average molecular weight is 673 g/mol. The molecule has 0 spiro atoms. The Morgan fingerprint density at radius 2 is 1.36 bits per heavy atom. The number of allylic oxidation sites excluding steroid dienone is 1. The predicted molar refractivity (Wildman–Crippen MR) is 188 cm³/mol. The summed E-state index contributed by atoms with van der Waals surface area (Å²) < 4.78 is 1.35. The highest BCUT2D eigenvalue weighted by atomic mass is 17.1. The Morgan fingerprint density at radius 3 is 1.90 bits per heavy atom. The number of amides is 1. The van der Waals surface area contributed by atoms with Crippen molar-refractivity contribution in [2.75, 3.05) is 24.0 Å². The Labute approximate surface area is 285 Å². The van der Waals surface area contributed by atoms with E-state index in [0.717, 1.165) is 11.3 Å². The van der Waals surface area contributed by atoms with Crippen molar-refractivity contribution in [1.29, 1.82) is 0 Å². The Balaban J connectivity index is 1.61. The zero-order valence-electron chi connectivity index (χ0n) is 27.1. The summed E-state index contributed by atoms with van der Waals surface area (Å²) in [5.41, 5.74) is 4.54. The van der Waals surface area contributed by atoms with E-state index < -0.39 is 17.4 Å². The predicted octanol–water partition coefficient (Wildman–Crippen LogP) is 4.94. The molecule has 12 nitrogen and oxygen atoms in total. The first kappa shape index (κ1) is 33.7. The van der Waals surface area contributed by atoms with E-state index in [9.17, 15) is 19.5 Å². The van der Waals surface area contributed by atoms with Gasteiger partial charge in [0, 0.05) is 30.6 Å². The van der Waals surface area contributed by atoms with Gasteiger partial charge in [-0.1, -0.05) is 60.7 Å². The molecule has 0 atom stereocenters. The molecule has 0 fully saturated rings. The molecule has 1 aliphatic heterocycles. The van der Waals surface area contributed by atoms with E-state index in [0.29, 0.717) is 28.1 Å². The van der Waals surface area contributed by atoms with Crippen LogP contribution in [0, 0.1) is 0 Å². The summed E-state index contributed by atoms with van der Waals surface area (Å²) in [6.45, 7) is -0.114. The molecule has 5 aromatic rings. The minimum Gasteiger partial charge on any atom is -0.478 e. The maximum Gasteiger partial charge on any atom is 0.335 e. The molecule has 4 aromatic carbocycles. The van der Waals surface area contributed by atoms with Crippen molar-refractivity contribution in [1.82, 2.24) is 4.57 Å². The minimum atomic E-state index is -1.12. The van der Waals surface area contributed by atoms with E-state index >= 15 is 0 Å². The van der Waals surface area contributed by atoms with Crippen LogP contribution in [0.4, 0.5) is 11.4 Å². The topological polar surface area (TPSA) is 154 Å². The summed E-state index contributed by atoms with van der Waals surface area (Å²) in [7, 11) is 3.90. The molecule has 0 aliphatic carbocycles. The first-order valence-corrected chi connectivity index (χ1v) is 15.4. The van der Waals surface area contributed by atoms with E-state index in [2.05, 4.69) is 14.9 Å². The normalized spacial score (nSPS) is 12.8. The van der Waals surface area contributed by atoms with Crippen LogP contribution in [0.1, 0.15) is 37.4 Å². The number of rotatable bonds is 11. The third-order valence-electron chi connectivity index (χ3n) is 8.21. The van der Waals surface area contributed by atoms with Gasteiger partial charge in [0.15, 0.2) is 5.49 Å². The molecule has 1 aliphatic rings. The van der Waals surface area contributed by atoms with Gasteiger partial charge in [0.05, 0.1) is 22.5 Å². The summed E-state index contributed by atoms with van der Waals surface area (Å²) in [6.07, 6.45) is 5.20. The van der Waals surface area contributed by atoms with Crippen molar-refractivity contribution in [3.63, 3.8) is 0 Å². The van der Waals surface area contributed by atoms with Gasteiger partial charge in [-0.3, -0.25) is 24.7 Å². The first-order valence-electron chi connectivity index (χ1n) is 15.4. The summed E-state index contributed by atoms with van der Waals surface area (Å²) >= 11 is 0. The summed E-state index contributed by atoms with van der Waals surface area (Å²) in [6, 6.07) is 27.1. The molecule has 0 unspecified atom stereocenters. The van der Waals surface area contributed by atoms with E-state index in [4.69, 9.17) is 10.5 Å². The number of hydrogen-bond donors (Lipinski definition) is 3. The van der Waals surface area contributed by atoms with E-state index in [1.807, 2.05) is 49.3 Å². The smallest absolute Gasteiger partial charge is 0.335 e. The van der Waals surface area contributed by atoms with E-state index in [1.165, 1.54) is 21.7 Å². The lowest BCUT2D eigenvalue weighted by Gasteiger charge is -2.14. The third kappa shape index (κ3) is 6.72. The van der Waals surface area contributed by atoms with E-state index in [1.54, 1.807) is 72.8 Å². The number of nitrogens with zero attached hydrogens (tertiary/aromatic N) is 4. The van der Waals surface area contributed by atoms with Crippen molar-refractivity contribution < 1.29 is 35.0 Å². The van der Waals surface area contributed by atoms with Crippen LogP contribution in [0.3, 0.4) is 0 Å². The van der Waals surface area contributed by atoms with Gasteiger partial charge < -0.3 is 10.0 Å². The van der Waals surface area contributed by atoms with Crippen LogP contribution in [0.15, 0.2) is 113 Å². The molecule has 6 rings (SSSR count). The van der Waals surface area contributed by atoms with Crippen LogP contribution in [0.5, 0.6) is 0 Å². The average Bonchev–Trinajstić information content (AvgIpc) is 3.45. The second-order valence-corrected chi connectivity index (χ2v) is 11.6. The van der Waals surface area contributed by atoms with Crippen molar-refractivity contribution in [3.8, 4) is 16.8 Å². The van der Waals surface area contributed by atoms with Gasteiger partial charge in [-0.05, 0) is 76.9 Å². The standard InChI is InChI=1S/C38H32N4O8/c1-40(2)29-16-6-24(7-17-29)4-3-5-32-33(27-12-14-28(15-13-27)38(45)46)34-35(41(36(32)43)30-18-8-25(9-19-30)22-49-47)39-42(37(34)44)31-20-10-26(11-21-31)23-50-48/h3-21,47-48H,22-23H2,1-2H3,(H,45,46)/b4-3+,32-5-. The molecule has 1 aromatic heterocycles. The van der Waals surface area contributed by atoms with Gasteiger partial charge in [-0.15, -0.1) is 5.10 Å². The number of benzene rings is 4. The number of carboxylic acids is 1. The number of carbonyl (C=O) groups excluding carboxylic acids is 1. The van der Waals surface area contributed by atoms with Crippen LogP contribution in [0.25, 0.3) is 29.0 Å². The lowest BCUT2D eigenvalue weighted by atomic mass is 9.96. The fourth-order valence-electron chi connectivity index (χ4n) is 5.64. The van der Waals surface area contributed by atoms with Gasteiger partial charge in [0.1, 0.15) is 13.2 Å². The third-order valence-corrected chi connectivity index (χ3v) is 8.21. The minimum absolute atomic E-state index is 0.0434. The van der Waals surface area contributed by atoms with Gasteiger partial charge in [-0.25, -0.2) is 14.6 Å². The highest BCUT2D eigenvalue weighted by Gasteiger charge is 2.33. The fraction of sp³-hybridized carbons (Fsp3) is 0.105. The second kappa shape index (κ2) is 14.5. The Kier molecular flexibility index (Phi) is 9.79. The van der Waals surface area contributed by atoms with Gasteiger partial charge >= 0.3 is 5.97 Å². The van der Waals surface area contributed by atoms with Crippen molar-refractivity contribution in [2.24, 2.45) is 5.10 Å². The molecular formula is C38H32N4O8. The van der Waals surface area contributed by atoms with Gasteiger partial charge in [0.25, 0.3) is 11.5 Å². The molecule has 1 amide bonds. The Hall–Kier alpha value is -6.18. The summed E-state index contributed by atoms with van der Waals surface area (Å²) in [5, 5.41) is 33.4. The van der Waals surface area contributed by atoms with Crippen LogP contribution in [-0.4, -0.2) is 46.2 Å². The largest absolute Gasteiger partial charge is 0.478 e. The van der Waals surface area contributed by atoms with Crippen molar-refractivity contribution in [2.45, 2.75) is 13.2 Å². The molecule has 12 heteroatoms. The highest BCUT2D eigenvalue weighted by Crippen LogP contribution is 2.27. The van der Waals surface area contributed by atoms with Gasteiger partial charge in [0.2, 0.25) is 0 Å². The number of aromatic carboxylic acids is 1. The van der Waals surface area contributed by atoms with Crippen molar-refractivity contribution in [3.05, 3.63) is 152 Å². The SMILES string of the molecule is CN(C)c1ccc(/C=C/C=c2/c(-c3ccc(C(=O)O)cc3)c3c(n(-c4ccc(COO)cc4)c2=O)=NN(c2ccc(COO)cc2)C3=O)cc1. The fourth-order valence-corrected chi connectivity index (χ4v) is 5.64. The van der Waals surface area contributed by atoms with Crippen LogP contribution >= 0.6 is 0 Å². The number of aromatic nitrogens is 1. The lowest BCUT2D eigenvalue weighted by molar-refractivity contribution is -0.253. The number of fused-ring (bicyclic) bond motifs is 1. The zero-order valence-corrected chi connectivity index (χ0v) is 27.1. The molecule has 252 valence electrons. The molecular weight excluding hydrogens is 640 g/mol. The number of anilines is 2.